The number of nitrogens with one attached hydrogen (secondary N) is 1. The molecule has 0 saturated carbocycles. The third-order valence-corrected chi connectivity index (χ3v) is 5.15. The summed E-state index contributed by atoms with van der Waals surface area (Å²) >= 11 is 0. The molecular weight excluding hydrogens is 400 g/mol. The highest BCUT2D eigenvalue weighted by atomic mass is 16.2. The van der Waals surface area contributed by atoms with Gasteiger partial charge in [0.1, 0.15) is 0 Å². The minimum absolute atomic E-state index is 0.148. The van der Waals surface area contributed by atoms with Gasteiger partial charge in [0, 0.05) is 36.7 Å². The van der Waals surface area contributed by atoms with E-state index in [2.05, 4.69) is 27.4 Å². The van der Waals surface area contributed by atoms with Gasteiger partial charge in [-0.3, -0.25) is 9.59 Å². The number of amides is 1. The van der Waals surface area contributed by atoms with Gasteiger partial charge in [0.15, 0.2) is 5.69 Å². The number of para-hydroxylation sites is 1. The van der Waals surface area contributed by atoms with Crippen LogP contribution < -0.4 is 15.6 Å². The summed E-state index contributed by atoms with van der Waals surface area (Å²) in [6, 6.07) is 28.5. The van der Waals surface area contributed by atoms with Crippen molar-refractivity contribution in [3.8, 4) is 5.69 Å². The van der Waals surface area contributed by atoms with E-state index in [9.17, 15) is 9.59 Å². The minimum atomic E-state index is -0.537. The van der Waals surface area contributed by atoms with E-state index >= 15 is 0 Å². The van der Waals surface area contributed by atoms with Crippen molar-refractivity contribution in [2.45, 2.75) is 13.5 Å². The number of benzene rings is 3. The third kappa shape index (κ3) is 4.75. The molecule has 6 heteroatoms. The molecule has 1 aromatic heterocycles. The zero-order valence-electron chi connectivity index (χ0n) is 18.0. The Morgan fingerprint density at radius 3 is 2.22 bits per heavy atom. The molecule has 0 fully saturated rings. The van der Waals surface area contributed by atoms with Gasteiger partial charge in [0.25, 0.3) is 5.91 Å². The van der Waals surface area contributed by atoms with Gasteiger partial charge in [0.05, 0.1) is 5.69 Å². The number of aryl methyl sites for hydroxylation is 1. The van der Waals surface area contributed by atoms with Crippen molar-refractivity contribution in [1.82, 2.24) is 9.78 Å². The van der Waals surface area contributed by atoms with Crippen LogP contribution >= 0.6 is 0 Å². The van der Waals surface area contributed by atoms with Crippen LogP contribution in [0.2, 0.25) is 0 Å². The number of rotatable bonds is 6. The van der Waals surface area contributed by atoms with Gasteiger partial charge in [-0.1, -0.05) is 48.5 Å². The van der Waals surface area contributed by atoms with E-state index in [1.54, 1.807) is 11.6 Å². The Morgan fingerprint density at radius 1 is 0.938 bits per heavy atom. The maximum absolute atomic E-state index is 12.8. The zero-order chi connectivity index (χ0) is 22.5. The van der Waals surface area contributed by atoms with Crippen molar-refractivity contribution in [3.05, 3.63) is 118 Å². The van der Waals surface area contributed by atoms with Crippen LogP contribution in [0.15, 0.2) is 95.8 Å². The molecule has 4 aromatic rings. The lowest BCUT2D eigenvalue weighted by Gasteiger charge is -2.19. The summed E-state index contributed by atoms with van der Waals surface area (Å²) in [5.41, 5.74) is 3.71. The van der Waals surface area contributed by atoms with Gasteiger partial charge in [-0.25, -0.2) is 4.68 Å². The highest BCUT2D eigenvalue weighted by molar-refractivity contribution is 6.02. The fourth-order valence-electron chi connectivity index (χ4n) is 3.47. The summed E-state index contributed by atoms with van der Waals surface area (Å²) in [4.78, 5) is 27.3. The Hall–Kier alpha value is -4.19. The Morgan fingerprint density at radius 2 is 1.56 bits per heavy atom. The normalized spacial score (nSPS) is 10.6. The van der Waals surface area contributed by atoms with E-state index in [0.717, 1.165) is 17.9 Å². The van der Waals surface area contributed by atoms with Gasteiger partial charge in [0.2, 0.25) is 5.43 Å². The van der Waals surface area contributed by atoms with Gasteiger partial charge in [-0.05, 0) is 48.9 Å². The molecule has 4 rings (SSSR count). The highest BCUT2D eigenvalue weighted by Crippen LogP contribution is 2.19. The SMILES string of the molecule is Cc1cc(=O)c(C(=O)Nc2ccc(N(C)Cc3ccccc3)cc2)nn1-c1ccccc1. The number of anilines is 2. The van der Waals surface area contributed by atoms with Crippen molar-refractivity contribution in [3.63, 3.8) is 0 Å². The van der Waals surface area contributed by atoms with Crippen LogP contribution in [0, 0.1) is 6.92 Å². The van der Waals surface area contributed by atoms with Crippen molar-refractivity contribution in [2.24, 2.45) is 0 Å². The molecule has 32 heavy (non-hydrogen) atoms. The van der Waals surface area contributed by atoms with Crippen molar-refractivity contribution >= 4 is 17.3 Å². The Labute approximate surface area is 186 Å². The molecule has 3 aromatic carbocycles. The fourth-order valence-corrected chi connectivity index (χ4v) is 3.47. The first-order valence-electron chi connectivity index (χ1n) is 10.3. The second-order valence-electron chi connectivity index (χ2n) is 7.59. The summed E-state index contributed by atoms with van der Waals surface area (Å²) in [5, 5.41) is 7.09. The number of carbonyl (C=O) groups excluding carboxylic acids is 1. The van der Waals surface area contributed by atoms with Crippen molar-refractivity contribution in [2.75, 3.05) is 17.3 Å². The Balaban J connectivity index is 1.50. The molecule has 6 nitrogen and oxygen atoms in total. The van der Waals surface area contributed by atoms with E-state index < -0.39 is 11.3 Å². The second-order valence-corrected chi connectivity index (χ2v) is 7.59. The quantitative estimate of drug-likeness (QED) is 0.497. The Bertz CT molecular complexity index is 1270. The molecule has 160 valence electrons. The molecule has 0 atom stereocenters. The van der Waals surface area contributed by atoms with Crippen molar-refractivity contribution in [1.29, 1.82) is 0 Å². The highest BCUT2D eigenvalue weighted by Gasteiger charge is 2.16. The molecule has 1 heterocycles. The maximum Gasteiger partial charge on any atom is 0.280 e. The van der Waals surface area contributed by atoms with E-state index in [4.69, 9.17) is 0 Å². The van der Waals surface area contributed by atoms with Crippen LogP contribution in [0.5, 0.6) is 0 Å². The average Bonchev–Trinajstić information content (AvgIpc) is 2.81. The number of carbonyl (C=O) groups is 1. The summed E-state index contributed by atoms with van der Waals surface area (Å²) in [7, 11) is 2.02. The average molecular weight is 425 g/mol. The lowest BCUT2D eigenvalue weighted by Crippen LogP contribution is -2.26. The first-order valence-corrected chi connectivity index (χ1v) is 10.3. The summed E-state index contributed by atoms with van der Waals surface area (Å²) in [6.07, 6.45) is 0. The molecule has 1 N–H and O–H groups in total. The van der Waals surface area contributed by atoms with Crippen LogP contribution in [0.4, 0.5) is 11.4 Å². The summed E-state index contributed by atoms with van der Waals surface area (Å²) < 4.78 is 1.60. The van der Waals surface area contributed by atoms with Gasteiger partial charge in [-0.15, -0.1) is 0 Å². The third-order valence-electron chi connectivity index (χ3n) is 5.15. The molecular formula is C26H24N4O2. The molecule has 1 amide bonds. The number of hydrogen-bond acceptors (Lipinski definition) is 4. The number of nitrogens with zero attached hydrogens (tertiary/aromatic N) is 3. The first-order chi connectivity index (χ1) is 15.5. The first kappa shape index (κ1) is 21.1. The maximum atomic E-state index is 12.8. The monoisotopic (exact) mass is 424 g/mol. The lowest BCUT2D eigenvalue weighted by molar-refractivity contribution is 0.101. The van der Waals surface area contributed by atoms with Gasteiger partial charge in [-0.2, -0.15) is 5.10 Å². The fraction of sp³-hybridized carbons (Fsp3) is 0.115. The van der Waals surface area contributed by atoms with E-state index in [1.807, 2.05) is 79.8 Å². The minimum Gasteiger partial charge on any atom is -0.370 e. The molecule has 0 spiro atoms. The number of hydrogen-bond donors (Lipinski definition) is 1. The molecule has 0 radical (unpaired) electrons. The van der Waals surface area contributed by atoms with Crippen LogP contribution in [0.3, 0.4) is 0 Å². The van der Waals surface area contributed by atoms with Gasteiger partial charge >= 0.3 is 0 Å². The van der Waals surface area contributed by atoms with Crippen LogP contribution in [0.1, 0.15) is 21.7 Å². The predicted molar refractivity (Wildman–Crippen MR) is 128 cm³/mol. The summed E-state index contributed by atoms with van der Waals surface area (Å²) in [5.74, 6) is -0.537. The smallest absolute Gasteiger partial charge is 0.280 e. The van der Waals surface area contributed by atoms with Gasteiger partial charge < -0.3 is 10.2 Å². The molecule has 0 unspecified atom stereocenters. The predicted octanol–water partition coefficient (Wildman–Crippen LogP) is 4.43. The Kier molecular flexibility index (Phi) is 6.12. The second kappa shape index (κ2) is 9.31. The lowest BCUT2D eigenvalue weighted by atomic mass is 10.2. The van der Waals surface area contributed by atoms with E-state index in [-0.39, 0.29) is 5.69 Å². The van der Waals surface area contributed by atoms with Crippen LogP contribution in [-0.4, -0.2) is 22.7 Å². The molecule has 0 aliphatic rings. The zero-order valence-corrected chi connectivity index (χ0v) is 18.0. The molecule has 0 saturated heterocycles. The van der Waals surface area contributed by atoms with Crippen LogP contribution in [-0.2, 0) is 6.54 Å². The van der Waals surface area contributed by atoms with E-state index in [1.165, 1.54) is 11.6 Å². The van der Waals surface area contributed by atoms with Crippen LogP contribution in [0.25, 0.3) is 5.69 Å². The van der Waals surface area contributed by atoms with E-state index in [0.29, 0.717) is 11.4 Å². The number of aromatic nitrogens is 2. The molecule has 0 bridgehead atoms. The largest absolute Gasteiger partial charge is 0.370 e. The summed E-state index contributed by atoms with van der Waals surface area (Å²) in [6.45, 7) is 2.56. The molecule has 0 aliphatic carbocycles. The van der Waals surface area contributed by atoms with Crippen molar-refractivity contribution < 1.29 is 4.79 Å². The molecule has 0 aliphatic heterocycles. The standard InChI is InChI=1S/C26H24N4O2/c1-19-17-24(31)25(28-30(19)23-11-7-4-8-12-23)26(32)27-21-13-15-22(16-14-21)29(2)18-20-9-5-3-6-10-20/h3-17H,18H2,1-2H3,(H,27,32). The topological polar surface area (TPSA) is 67.2 Å².